The summed E-state index contributed by atoms with van der Waals surface area (Å²) in [6.07, 6.45) is 5.07. The van der Waals surface area contributed by atoms with Crippen LogP contribution < -0.4 is 5.32 Å². The van der Waals surface area contributed by atoms with Crippen LogP contribution in [0.3, 0.4) is 0 Å². The normalized spacial score (nSPS) is 30.3. The topological polar surface area (TPSA) is 21.3 Å². The van der Waals surface area contributed by atoms with Gasteiger partial charge in [0.05, 0.1) is 12.7 Å². The summed E-state index contributed by atoms with van der Waals surface area (Å²) >= 11 is 1.83. The largest absolute Gasteiger partial charge is 0.377 e. The highest BCUT2D eigenvalue weighted by Crippen LogP contribution is 2.45. The lowest BCUT2D eigenvalue weighted by atomic mass is 9.61. The fraction of sp³-hybridized carbons (Fsp3) is 0.750. The zero-order chi connectivity index (χ0) is 13.7. The summed E-state index contributed by atoms with van der Waals surface area (Å²) in [4.78, 5) is 1.43. The number of rotatable bonds is 8. The first-order valence-electron chi connectivity index (χ1n) is 7.58. The fourth-order valence-electron chi connectivity index (χ4n) is 2.94. The molecule has 1 heterocycles. The van der Waals surface area contributed by atoms with Gasteiger partial charge in [0.25, 0.3) is 0 Å². The van der Waals surface area contributed by atoms with Crippen LogP contribution in [0.2, 0.25) is 0 Å². The standard InChI is InChI=1S/C16H27NOS/c1-4-9-17-14-12-15(16(14,3)5-2)18-10-8-13-7-6-11-19-13/h6-7,11,14-15,17H,4-5,8-10,12H2,1-3H3. The lowest BCUT2D eigenvalue weighted by Crippen LogP contribution is -2.62. The minimum atomic E-state index is 0.324. The summed E-state index contributed by atoms with van der Waals surface area (Å²) in [5, 5.41) is 5.80. The van der Waals surface area contributed by atoms with Gasteiger partial charge in [0.2, 0.25) is 0 Å². The monoisotopic (exact) mass is 281 g/mol. The Balaban J connectivity index is 1.75. The zero-order valence-electron chi connectivity index (χ0n) is 12.4. The molecule has 1 saturated carbocycles. The molecule has 0 aromatic carbocycles. The predicted molar refractivity (Wildman–Crippen MR) is 82.9 cm³/mol. The SMILES string of the molecule is CCCNC1CC(OCCc2cccs2)C1(C)CC. The molecule has 0 spiro atoms. The van der Waals surface area contributed by atoms with E-state index in [1.54, 1.807) is 0 Å². The van der Waals surface area contributed by atoms with Gasteiger partial charge in [-0.25, -0.2) is 0 Å². The molecule has 1 N–H and O–H groups in total. The molecule has 2 rings (SSSR count). The van der Waals surface area contributed by atoms with Crippen LogP contribution in [0.1, 0.15) is 44.9 Å². The van der Waals surface area contributed by atoms with Crippen molar-refractivity contribution in [3.8, 4) is 0 Å². The van der Waals surface area contributed by atoms with E-state index >= 15 is 0 Å². The molecule has 19 heavy (non-hydrogen) atoms. The van der Waals surface area contributed by atoms with Crippen LogP contribution in [-0.4, -0.2) is 25.3 Å². The lowest BCUT2D eigenvalue weighted by molar-refractivity contribution is -0.128. The highest BCUT2D eigenvalue weighted by atomic mass is 32.1. The molecular formula is C16H27NOS. The maximum atomic E-state index is 6.13. The predicted octanol–water partition coefficient (Wildman–Crippen LogP) is 3.86. The van der Waals surface area contributed by atoms with Gasteiger partial charge in [-0.3, -0.25) is 0 Å². The fourth-order valence-corrected chi connectivity index (χ4v) is 3.63. The molecule has 0 bridgehead atoms. The first kappa shape index (κ1) is 15.0. The quantitative estimate of drug-likeness (QED) is 0.781. The van der Waals surface area contributed by atoms with Crippen molar-refractivity contribution in [1.29, 1.82) is 0 Å². The van der Waals surface area contributed by atoms with E-state index in [-0.39, 0.29) is 0 Å². The first-order valence-corrected chi connectivity index (χ1v) is 8.46. The van der Waals surface area contributed by atoms with E-state index in [0.29, 0.717) is 17.6 Å². The van der Waals surface area contributed by atoms with E-state index in [0.717, 1.165) is 19.6 Å². The van der Waals surface area contributed by atoms with Gasteiger partial charge in [-0.1, -0.05) is 26.8 Å². The minimum Gasteiger partial charge on any atom is -0.377 e. The van der Waals surface area contributed by atoms with Crippen molar-refractivity contribution >= 4 is 11.3 Å². The van der Waals surface area contributed by atoms with Crippen molar-refractivity contribution < 1.29 is 4.74 Å². The van der Waals surface area contributed by atoms with Gasteiger partial charge in [-0.15, -0.1) is 11.3 Å². The van der Waals surface area contributed by atoms with Gasteiger partial charge in [-0.05, 0) is 37.3 Å². The van der Waals surface area contributed by atoms with Crippen LogP contribution in [0.5, 0.6) is 0 Å². The smallest absolute Gasteiger partial charge is 0.0658 e. The Morgan fingerprint density at radius 2 is 2.32 bits per heavy atom. The third kappa shape index (κ3) is 3.39. The van der Waals surface area contributed by atoms with Gasteiger partial charge in [0.15, 0.2) is 0 Å². The van der Waals surface area contributed by atoms with Crippen LogP contribution in [0, 0.1) is 5.41 Å². The molecule has 1 aliphatic rings. The molecule has 1 aromatic heterocycles. The van der Waals surface area contributed by atoms with Gasteiger partial charge < -0.3 is 10.1 Å². The molecule has 2 nitrogen and oxygen atoms in total. The van der Waals surface area contributed by atoms with Gasteiger partial charge in [-0.2, -0.15) is 0 Å². The molecule has 3 atom stereocenters. The van der Waals surface area contributed by atoms with Gasteiger partial charge in [0, 0.05) is 22.8 Å². The van der Waals surface area contributed by atoms with Crippen LogP contribution >= 0.6 is 11.3 Å². The maximum absolute atomic E-state index is 6.13. The molecule has 1 aliphatic carbocycles. The number of ether oxygens (including phenoxy) is 1. The summed E-state index contributed by atoms with van der Waals surface area (Å²) in [6, 6.07) is 4.95. The van der Waals surface area contributed by atoms with E-state index in [4.69, 9.17) is 4.74 Å². The van der Waals surface area contributed by atoms with Crippen molar-refractivity contribution in [1.82, 2.24) is 5.32 Å². The van der Waals surface area contributed by atoms with E-state index in [1.807, 2.05) is 11.3 Å². The molecule has 0 radical (unpaired) electrons. The summed E-state index contributed by atoms with van der Waals surface area (Å²) in [6.45, 7) is 8.88. The second-order valence-corrected chi connectivity index (χ2v) is 6.82. The van der Waals surface area contributed by atoms with Crippen molar-refractivity contribution in [3.05, 3.63) is 22.4 Å². The number of thiophene rings is 1. The third-order valence-corrected chi connectivity index (χ3v) is 5.57. The van der Waals surface area contributed by atoms with Crippen LogP contribution in [-0.2, 0) is 11.2 Å². The Kier molecular flexibility index (Phi) is 5.43. The Morgan fingerprint density at radius 1 is 1.47 bits per heavy atom. The third-order valence-electron chi connectivity index (χ3n) is 4.63. The molecule has 1 fully saturated rings. The van der Waals surface area contributed by atoms with E-state index in [9.17, 15) is 0 Å². The van der Waals surface area contributed by atoms with Crippen molar-refractivity contribution in [2.24, 2.45) is 5.41 Å². The van der Waals surface area contributed by atoms with Crippen molar-refractivity contribution in [2.75, 3.05) is 13.2 Å². The Bertz CT molecular complexity index is 365. The molecule has 0 aliphatic heterocycles. The Hall–Kier alpha value is -0.380. The van der Waals surface area contributed by atoms with Crippen molar-refractivity contribution in [3.63, 3.8) is 0 Å². The average molecular weight is 281 g/mol. The molecule has 108 valence electrons. The lowest BCUT2D eigenvalue weighted by Gasteiger charge is -2.54. The number of nitrogens with one attached hydrogen (secondary N) is 1. The van der Waals surface area contributed by atoms with Crippen LogP contribution in [0.25, 0.3) is 0 Å². The van der Waals surface area contributed by atoms with E-state index in [2.05, 4.69) is 43.6 Å². The van der Waals surface area contributed by atoms with E-state index < -0.39 is 0 Å². The summed E-state index contributed by atoms with van der Waals surface area (Å²) in [5.74, 6) is 0. The molecule has 3 heteroatoms. The molecule has 0 saturated heterocycles. The van der Waals surface area contributed by atoms with Gasteiger partial charge in [0.1, 0.15) is 0 Å². The molecule has 3 unspecified atom stereocenters. The Labute approximate surface area is 121 Å². The molecular weight excluding hydrogens is 254 g/mol. The average Bonchev–Trinajstić information content (AvgIpc) is 2.93. The summed E-state index contributed by atoms with van der Waals surface area (Å²) in [5.41, 5.74) is 0.324. The summed E-state index contributed by atoms with van der Waals surface area (Å²) < 4.78 is 6.13. The minimum absolute atomic E-state index is 0.324. The number of hydrogen-bond donors (Lipinski definition) is 1. The van der Waals surface area contributed by atoms with Crippen LogP contribution in [0.15, 0.2) is 17.5 Å². The zero-order valence-corrected chi connectivity index (χ0v) is 13.3. The second-order valence-electron chi connectivity index (χ2n) is 5.79. The highest BCUT2D eigenvalue weighted by molar-refractivity contribution is 7.09. The van der Waals surface area contributed by atoms with E-state index in [1.165, 1.54) is 24.1 Å². The molecule has 0 amide bonds. The summed E-state index contributed by atoms with van der Waals surface area (Å²) in [7, 11) is 0. The first-order chi connectivity index (χ1) is 9.20. The maximum Gasteiger partial charge on any atom is 0.0658 e. The highest BCUT2D eigenvalue weighted by Gasteiger charge is 2.50. The van der Waals surface area contributed by atoms with Gasteiger partial charge >= 0.3 is 0 Å². The van der Waals surface area contributed by atoms with Crippen LogP contribution in [0.4, 0.5) is 0 Å². The molecule has 1 aromatic rings. The van der Waals surface area contributed by atoms with Crippen molar-refractivity contribution in [2.45, 2.75) is 58.6 Å². The second kappa shape index (κ2) is 6.87. The number of hydrogen-bond acceptors (Lipinski definition) is 3. The Morgan fingerprint density at radius 3 is 2.95 bits per heavy atom.